The average Bonchev–Trinajstić information content (AvgIpc) is 3.26. The van der Waals surface area contributed by atoms with Gasteiger partial charge in [0.1, 0.15) is 24.5 Å². The van der Waals surface area contributed by atoms with Crippen LogP contribution in [0.25, 0.3) is 10.2 Å². The molecular weight excluding hydrogens is 488 g/mol. The van der Waals surface area contributed by atoms with E-state index in [1.54, 1.807) is 18.2 Å². The molecule has 5 rings (SSSR count). The monoisotopic (exact) mass is 511 g/mol. The van der Waals surface area contributed by atoms with Gasteiger partial charge < -0.3 is 14.2 Å². The number of amides is 1. The van der Waals surface area contributed by atoms with Crippen LogP contribution in [-0.4, -0.2) is 68.4 Å². The van der Waals surface area contributed by atoms with Gasteiger partial charge in [0.2, 0.25) is 0 Å². The van der Waals surface area contributed by atoms with Crippen LogP contribution in [0.2, 0.25) is 0 Å². The van der Waals surface area contributed by atoms with Crippen molar-refractivity contribution in [2.24, 2.45) is 0 Å². The molecule has 0 atom stereocenters. The van der Waals surface area contributed by atoms with Gasteiger partial charge in [-0.05, 0) is 30.7 Å². The summed E-state index contributed by atoms with van der Waals surface area (Å²) in [6, 6.07) is 7.08. The molecule has 0 spiro atoms. The molecule has 2 aromatic carbocycles. The molecule has 0 radical (unpaired) electrons. The Bertz CT molecular complexity index is 1170. The van der Waals surface area contributed by atoms with Crippen LogP contribution >= 0.6 is 23.7 Å². The van der Waals surface area contributed by atoms with Gasteiger partial charge in [-0.25, -0.2) is 13.8 Å². The molecule has 11 heteroatoms. The van der Waals surface area contributed by atoms with E-state index in [0.29, 0.717) is 66.3 Å². The number of hydrogen-bond donors (Lipinski definition) is 0. The van der Waals surface area contributed by atoms with Crippen molar-refractivity contribution in [2.75, 3.05) is 57.5 Å². The number of morpholine rings is 1. The number of aromatic nitrogens is 1. The van der Waals surface area contributed by atoms with Gasteiger partial charge >= 0.3 is 0 Å². The number of hydrogen-bond acceptors (Lipinski definition) is 7. The van der Waals surface area contributed by atoms with E-state index in [2.05, 4.69) is 9.88 Å². The smallest absolute Gasteiger partial charge is 0.260 e. The first kappa shape index (κ1) is 24.6. The first-order chi connectivity index (χ1) is 16.1. The van der Waals surface area contributed by atoms with Crippen LogP contribution in [0.1, 0.15) is 16.8 Å². The van der Waals surface area contributed by atoms with Gasteiger partial charge in [-0.3, -0.25) is 14.6 Å². The molecule has 0 aliphatic carbocycles. The zero-order chi connectivity index (χ0) is 22.8. The summed E-state index contributed by atoms with van der Waals surface area (Å²) in [5, 5.41) is 0.330. The Morgan fingerprint density at radius 2 is 1.82 bits per heavy atom. The Balaban J connectivity index is 0.00000274. The van der Waals surface area contributed by atoms with Crippen LogP contribution in [0.3, 0.4) is 0 Å². The number of fused-ring (bicyclic) bond motifs is 2. The molecule has 1 amide bonds. The third-order valence-corrected chi connectivity index (χ3v) is 6.65. The zero-order valence-electron chi connectivity index (χ0n) is 18.3. The lowest BCUT2D eigenvalue weighted by Gasteiger charge is -2.28. The van der Waals surface area contributed by atoms with Crippen molar-refractivity contribution >= 4 is 45.0 Å². The topological polar surface area (TPSA) is 64.1 Å². The molecule has 182 valence electrons. The maximum absolute atomic E-state index is 14.3. The molecule has 3 heterocycles. The highest BCUT2D eigenvalue weighted by atomic mass is 35.5. The SMILES string of the molecule is Cl.O=C(c1ccc2c(c1)OCCO2)N(CCCN1CCOCC1)c1nc2c(F)cc(F)cc2s1. The van der Waals surface area contributed by atoms with E-state index in [-0.39, 0.29) is 23.8 Å². The van der Waals surface area contributed by atoms with E-state index >= 15 is 0 Å². The zero-order valence-corrected chi connectivity index (χ0v) is 19.9. The van der Waals surface area contributed by atoms with Crippen molar-refractivity contribution in [1.29, 1.82) is 0 Å². The van der Waals surface area contributed by atoms with E-state index in [1.165, 1.54) is 11.0 Å². The van der Waals surface area contributed by atoms with Crippen LogP contribution in [0, 0.1) is 11.6 Å². The first-order valence-corrected chi connectivity index (χ1v) is 11.7. The summed E-state index contributed by atoms with van der Waals surface area (Å²) in [6.07, 6.45) is 0.697. The Kier molecular flexibility index (Phi) is 7.82. The van der Waals surface area contributed by atoms with Crippen molar-refractivity contribution < 1.29 is 27.8 Å². The van der Waals surface area contributed by atoms with E-state index in [9.17, 15) is 13.6 Å². The normalized spacial score (nSPS) is 15.7. The minimum atomic E-state index is -0.743. The first-order valence-electron chi connectivity index (χ1n) is 10.9. The minimum absolute atomic E-state index is 0. The van der Waals surface area contributed by atoms with Crippen LogP contribution in [-0.2, 0) is 4.74 Å². The quantitative estimate of drug-likeness (QED) is 0.496. The van der Waals surface area contributed by atoms with E-state index in [4.69, 9.17) is 14.2 Å². The van der Waals surface area contributed by atoms with Gasteiger partial charge in [-0.1, -0.05) is 11.3 Å². The summed E-state index contributed by atoms with van der Waals surface area (Å²) in [6.45, 7) is 5.14. The molecule has 1 saturated heterocycles. The molecular formula is C23H24ClF2N3O4S. The van der Waals surface area contributed by atoms with Crippen molar-refractivity contribution in [3.63, 3.8) is 0 Å². The predicted octanol–water partition coefficient (Wildman–Crippen LogP) is 4.14. The largest absolute Gasteiger partial charge is 0.486 e. The Morgan fingerprint density at radius 3 is 2.62 bits per heavy atom. The number of rotatable bonds is 6. The number of carbonyl (C=O) groups is 1. The Labute approximate surface area is 205 Å². The lowest BCUT2D eigenvalue weighted by molar-refractivity contribution is 0.0376. The number of anilines is 1. The molecule has 2 aliphatic rings. The van der Waals surface area contributed by atoms with Gasteiger partial charge in [0, 0.05) is 37.8 Å². The number of nitrogens with zero attached hydrogens (tertiary/aromatic N) is 3. The summed E-state index contributed by atoms with van der Waals surface area (Å²) in [4.78, 5) is 21.7. The molecule has 0 saturated carbocycles. The fraction of sp³-hybridized carbons (Fsp3) is 0.391. The van der Waals surface area contributed by atoms with Crippen molar-refractivity contribution in [1.82, 2.24) is 9.88 Å². The molecule has 0 N–H and O–H groups in total. The fourth-order valence-electron chi connectivity index (χ4n) is 3.95. The highest BCUT2D eigenvalue weighted by molar-refractivity contribution is 7.22. The van der Waals surface area contributed by atoms with Gasteiger partial charge in [0.25, 0.3) is 5.91 Å². The molecule has 2 aliphatic heterocycles. The summed E-state index contributed by atoms with van der Waals surface area (Å²) in [5.74, 6) is -0.597. The molecule has 7 nitrogen and oxygen atoms in total. The highest BCUT2D eigenvalue weighted by Crippen LogP contribution is 2.34. The summed E-state index contributed by atoms with van der Waals surface area (Å²) in [7, 11) is 0. The van der Waals surface area contributed by atoms with E-state index < -0.39 is 11.6 Å². The number of carbonyl (C=O) groups excluding carboxylic acids is 1. The van der Waals surface area contributed by atoms with Gasteiger partial charge in [-0.15, -0.1) is 12.4 Å². The third-order valence-electron chi connectivity index (χ3n) is 5.63. The van der Waals surface area contributed by atoms with Gasteiger partial charge in [0.15, 0.2) is 22.4 Å². The predicted molar refractivity (Wildman–Crippen MR) is 128 cm³/mol. The van der Waals surface area contributed by atoms with Crippen LogP contribution in [0.4, 0.5) is 13.9 Å². The van der Waals surface area contributed by atoms with Crippen LogP contribution in [0.5, 0.6) is 11.5 Å². The number of benzene rings is 2. The molecule has 34 heavy (non-hydrogen) atoms. The lowest BCUT2D eigenvalue weighted by Crippen LogP contribution is -2.39. The second-order valence-corrected chi connectivity index (χ2v) is 8.86. The van der Waals surface area contributed by atoms with Crippen LogP contribution in [0.15, 0.2) is 30.3 Å². The molecule has 0 bridgehead atoms. The maximum Gasteiger partial charge on any atom is 0.260 e. The summed E-state index contributed by atoms with van der Waals surface area (Å²) >= 11 is 1.10. The van der Waals surface area contributed by atoms with Crippen molar-refractivity contribution in [2.45, 2.75) is 6.42 Å². The van der Waals surface area contributed by atoms with Gasteiger partial charge in [-0.2, -0.15) is 0 Å². The molecule has 3 aromatic rings. The molecule has 0 unspecified atom stereocenters. The highest BCUT2D eigenvalue weighted by Gasteiger charge is 2.25. The summed E-state index contributed by atoms with van der Waals surface area (Å²) < 4.78 is 44.9. The standard InChI is InChI=1S/C23H23F2N3O4S.ClH/c24-16-13-17(25)21-20(14-16)33-23(26-21)28(5-1-4-27-6-8-30-9-7-27)22(29)15-2-3-18-19(12-15)32-11-10-31-18;/h2-3,12-14H,1,4-11H2;1H. The number of ether oxygens (including phenoxy) is 3. The lowest BCUT2D eigenvalue weighted by atomic mass is 10.1. The maximum atomic E-state index is 14.3. The van der Waals surface area contributed by atoms with Crippen LogP contribution < -0.4 is 14.4 Å². The third kappa shape index (κ3) is 5.25. The van der Waals surface area contributed by atoms with Gasteiger partial charge in [0.05, 0.1) is 17.9 Å². The van der Waals surface area contributed by atoms with E-state index in [1.807, 2.05) is 0 Å². The molecule has 1 aromatic heterocycles. The Hall–Kier alpha value is -2.53. The number of thiazole rings is 1. The second-order valence-electron chi connectivity index (χ2n) is 7.85. The second kappa shape index (κ2) is 10.8. The van der Waals surface area contributed by atoms with E-state index in [0.717, 1.165) is 37.0 Å². The molecule has 1 fully saturated rings. The summed E-state index contributed by atoms with van der Waals surface area (Å²) in [5.41, 5.74) is 0.473. The van der Waals surface area contributed by atoms with Crippen molar-refractivity contribution in [3.05, 3.63) is 47.5 Å². The number of halogens is 3. The Morgan fingerprint density at radius 1 is 1.06 bits per heavy atom. The average molecular weight is 512 g/mol. The van der Waals surface area contributed by atoms with Crippen molar-refractivity contribution in [3.8, 4) is 11.5 Å². The fourth-order valence-corrected chi connectivity index (χ4v) is 4.98. The minimum Gasteiger partial charge on any atom is -0.486 e.